The van der Waals surface area contributed by atoms with Gasteiger partial charge < -0.3 is 5.73 Å². The van der Waals surface area contributed by atoms with Crippen LogP contribution in [-0.2, 0) is 0 Å². The molecule has 0 heterocycles. The molecule has 1 unspecified atom stereocenters. The first-order chi connectivity index (χ1) is 2.64. The highest BCUT2D eigenvalue weighted by Gasteiger charge is 1.88. The van der Waals surface area contributed by atoms with Crippen LogP contribution in [0.15, 0.2) is 12.2 Å². The van der Waals surface area contributed by atoms with Crippen LogP contribution >= 0.6 is 12.6 Å². The molecule has 0 fully saturated rings. The Balaban J connectivity index is 3.26. The molecule has 0 rings (SSSR count). The number of hydrogen-bond acceptors (Lipinski definition) is 2. The normalized spacial score (nSPS) is 13.8. The molecule has 0 aromatic heterocycles. The van der Waals surface area contributed by atoms with Crippen molar-refractivity contribution in [2.75, 3.05) is 0 Å². The maximum atomic E-state index is 5.20. The Morgan fingerprint density at radius 1 is 2.00 bits per heavy atom. The van der Waals surface area contributed by atoms with E-state index in [1.165, 1.54) is 0 Å². The summed E-state index contributed by atoms with van der Waals surface area (Å²) in [5.41, 5.74) is 6.10. The van der Waals surface area contributed by atoms with E-state index in [0.29, 0.717) is 0 Å². The lowest BCUT2D eigenvalue weighted by molar-refractivity contribution is 1.08. The molecular weight excluding hydrogens is 94.1 g/mol. The van der Waals surface area contributed by atoms with Gasteiger partial charge in [-0.3, -0.25) is 0 Å². The molecule has 1 atom stereocenters. The van der Waals surface area contributed by atoms with Crippen molar-refractivity contribution in [3.8, 4) is 0 Å². The first-order valence-electron chi connectivity index (χ1n) is 1.73. The van der Waals surface area contributed by atoms with Crippen molar-refractivity contribution in [2.24, 2.45) is 5.73 Å². The van der Waals surface area contributed by atoms with E-state index in [1.807, 2.05) is 6.92 Å². The Morgan fingerprint density at radius 3 is 2.17 bits per heavy atom. The fraction of sp³-hybridized carbons (Fsp3) is 0.500. The predicted molar refractivity (Wildman–Crippen MR) is 31.8 cm³/mol. The SMILES string of the molecule is C=C(C)C(N)S. The predicted octanol–water partition coefficient (Wildman–Crippen LogP) is 0.777. The Kier molecular flexibility index (Phi) is 2.28. The van der Waals surface area contributed by atoms with Gasteiger partial charge in [-0.1, -0.05) is 12.2 Å². The van der Waals surface area contributed by atoms with Crippen molar-refractivity contribution in [2.45, 2.75) is 12.3 Å². The lowest BCUT2D eigenvalue weighted by Gasteiger charge is -1.97. The van der Waals surface area contributed by atoms with Crippen molar-refractivity contribution in [1.82, 2.24) is 0 Å². The second kappa shape index (κ2) is 2.26. The molecular formula is C4H9NS. The molecule has 0 bridgehead atoms. The molecule has 2 N–H and O–H groups in total. The molecule has 0 aromatic rings. The summed E-state index contributed by atoms with van der Waals surface area (Å²) in [5.74, 6) is 0. The quantitative estimate of drug-likeness (QED) is 0.286. The second-order valence-electron chi connectivity index (χ2n) is 1.29. The van der Waals surface area contributed by atoms with Crippen LogP contribution in [-0.4, -0.2) is 5.37 Å². The van der Waals surface area contributed by atoms with Crippen molar-refractivity contribution in [3.63, 3.8) is 0 Å². The van der Waals surface area contributed by atoms with E-state index < -0.39 is 0 Å². The van der Waals surface area contributed by atoms with Gasteiger partial charge in [-0.15, -0.1) is 0 Å². The maximum Gasteiger partial charge on any atom is 0.0688 e. The molecule has 36 valence electrons. The maximum absolute atomic E-state index is 5.20. The van der Waals surface area contributed by atoms with E-state index >= 15 is 0 Å². The van der Waals surface area contributed by atoms with Crippen LogP contribution in [0, 0.1) is 0 Å². The van der Waals surface area contributed by atoms with Gasteiger partial charge >= 0.3 is 0 Å². The van der Waals surface area contributed by atoms with Gasteiger partial charge in [0.25, 0.3) is 0 Å². The van der Waals surface area contributed by atoms with E-state index in [9.17, 15) is 0 Å². The van der Waals surface area contributed by atoms with Crippen LogP contribution in [0.2, 0.25) is 0 Å². The smallest absolute Gasteiger partial charge is 0.0688 e. The van der Waals surface area contributed by atoms with Crippen LogP contribution < -0.4 is 5.73 Å². The van der Waals surface area contributed by atoms with E-state index in [1.54, 1.807) is 0 Å². The van der Waals surface area contributed by atoms with Crippen LogP contribution in [0.4, 0.5) is 0 Å². The van der Waals surface area contributed by atoms with Crippen molar-refractivity contribution in [3.05, 3.63) is 12.2 Å². The summed E-state index contributed by atoms with van der Waals surface area (Å²) in [6.07, 6.45) is 0. The largest absolute Gasteiger partial charge is 0.316 e. The summed E-state index contributed by atoms with van der Waals surface area (Å²) in [6, 6.07) is 0. The third-order valence-electron chi connectivity index (χ3n) is 0.505. The number of rotatable bonds is 1. The van der Waals surface area contributed by atoms with Crippen LogP contribution in [0.5, 0.6) is 0 Å². The third-order valence-corrected chi connectivity index (χ3v) is 0.946. The van der Waals surface area contributed by atoms with Crippen molar-refractivity contribution in [1.29, 1.82) is 0 Å². The van der Waals surface area contributed by atoms with Crippen molar-refractivity contribution >= 4 is 12.6 Å². The standard InChI is InChI=1S/C4H9NS/c1-3(2)4(5)6/h4,6H,1,5H2,2H3. The zero-order valence-electron chi connectivity index (χ0n) is 3.81. The molecule has 0 aromatic carbocycles. The topological polar surface area (TPSA) is 26.0 Å². The lowest BCUT2D eigenvalue weighted by atomic mass is 10.4. The van der Waals surface area contributed by atoms with E-state index in [-0.39, 0.29) is 5.37 Å². The zero-order valence-corrected chi connectivity index (χ0v) is 4.70. The summed E-state index contributed by atoms with van der Waals surface area (Å²) in [5, 5.41) is -0.148. The van der Waals surface area contributed by atoms with E-state index in [4.69, 9.17) is 5.73 Å². The first kappa shape index (κ1) is 6.05. The van der Waals surface area contributed by atoms with Gasteiger partial charge in [0.2, 0.25) is 0 Å². The molecule has 0 aliphatic carbocycles. The average Bonchev–Trinajstić information content (AvgIpc) is 1.36. The fourth-order valence-electron chi connectivity index (χ4n) is 0. The highest BCUT2D eigenvalue weighted by molar-refractivity contribution is 7.81. The summed E-state index contributed by atoms with van der Waals surface area (Å²) in [4.78, 5) is 0. The average molecular weight is 103 g/mol. The monoisotopic (exact) mass is 103 g/mol. The molecule has 0 amide bonds. The fourth-order valence-corrected chi connectivity index (χ4v) is 0. The van der Waals surface area contributed by atoms with Gasteiger partial charge in [0.15, 0.2) is 0 Å². The highest BCUT2D eigenvalue weighted by atomic mass is 32.1. The van der Waals surface area contributed by atoms with Crippen molar-refractivity contribution < 1.29 is 0 Å². The van der Waals surface area contributed by atoms with Gasteiger partial charge in [0.05, 0.1) is 5.37 Å². The molecule has 0 saturated heterocycles. The summed E-state index contributed by atoms with van der Waals surface area (Å²) < 4.78 is 0. The Bertz CT molecular complexity index is 58.6. The molecule has 2 heteroatoms. The summed E-state index contributed by atoms with van der Waals surface area (Å²) in [7, 11) is 0. The van der Waals surface area contributed by atoms with Gasteiger partial charge in [-0.2, -0.15) is 12.6 Å². The van der Waals surface area contributed by atoms with Gasteiger partial charge in [-0.05, 0) is 6.92 Å². The second-order valence-corrected chi connectivity index (χ2v) is 1.85. The number of hydrogen-bond donors (Lipinski definition) is 2. The van der Waals surface area contributed by atoms with Crippen LogP contribution in [0.25, 0.3) is 0 Å². The highest BCUT2D eigenvalue weighted by Crippen LogP contribution is 1.95. The Labute approximate surface area is 43.6 Å². The minimum absolute atomic E-state index is 0.148. The van der Waals surface area contributed by atoms with Gasteiger partial charge in [0, 0.05) is 0 Å². The Morgan fingerprint density at radius 2 is 2.17 bits per heavy atom. The van der Waals surface area contributed by atoms with E-state index in [2.05, 4.69) is 19.2 Å². The molecule has 0 aliphatic heterocycles. The summed E-state index contributed by atoms with van der Waals surface area (Å²) >= 11 is 3.87. The zero-order chi connectivity index (χ0) is 5.15. The first-order valence-corrected chi connectivity index (χ1v) is 2.25. The minimum Gasteiger partial charge on any atom is -0.316 e. The molecule has 1 nitrogen and oxygen atoms in total. The molecule has 6 heavy (non-hydrogen) atoms. The summed E-state index contributed by atoms with van der Waals surface area (Å²) in [6.45, 7) is 5.40. The molecule has 0 saturated carbocycles. The van der Waals surface area contributed by atoms with Crippen LogP contribution in [0.1, 0.15) is 6.92 Å². The number of nitrogens with two attached hydrogens (primary N) is 1. The van der Waals surface area contributed by atoms with Gasteiger partial charge in [0.1, 0.15) is 0 Å². The Hall–Kier alpha value is 0.0500. The lowest BCUT2D eigenvalue weighted by Crippen LogP contribution is -2.11. The van der Waals surface area contributed by atoms with E-state index in [0.717, 1.165) is 5.57 Å². The third kappa shape index (κ3) is 2.30. The number of thiol groups is 1. The van der Waals surface area contributed by atoms with Gasteiger partial charge in [-0.25, -0.2) is 0 Å². The van der Waals surface area contributed by atoms with Crippen LogP contribution in [0.3, 0.4) is 0 Å². The molecule has 0 radical (unpaired) electrons. The minimum atomic E-state index is -0.148. The molecule has 0 spiro atoms. The molecule has 0 aliphatic rings.